The normalized spacial score (nSPS) is 26.7. The summed E-state index contributed by atoms with van der Waals surface area (Å²) >= 11 is 0. The molecule has 0 amide bonds. The van der Waals surface area contributed by atoms with E-state index in [4.69, 9.17) is 9.84 Å². The van der Waals surface area contributed by atoms with E-state index in [0.29, 0.717) is 6.61 Å². The van der Waals surface area contributed by atoms with Gasteiger partial charge in [-0.2, -0.15) is 10.0 Å². The lowest BCUT2D eigenvalue weighted by Crippen LogP contribution is -2.16. The van der Waals surface area contributed by atoms with Crippen LogP contribution in [0.15, 0.2) is 41.8 Å². The van der Waals surface area contributed by atoms with Gasteiger partial charge in [0.2, 0.25) is 0 Å². The fourth-order valence-electron chi connectivity index (χ4n) is 2.28. The van der Waals surface area contributed by atoms with E-state index in [0.717, 1.165) is 11.7 Å². The molecule has 0 bridgehead atoms. The highest BCUT2D eigenvalue weighted by atomic mass is 32.3. The third-order valence-corrected chi connectivity index (χ3v) is 6.57. The minimum absolute atomic E-state index is 0.116. The molecule has 0 aromatic heterocycles. The number of hydrogen-bond donors (Lipinski definition) is 1. The summed E-state index contributed by atoms with van der Waals surface area (Å²) < 4.78 is 5.63. The molecule has 2 rings (SSSR count). The zero-order valence-electron chi connectivity index (χ0n) is 10.8. The fourth-order valence-corrected chi connectivity index (χ4v) is 5.53. The van der Waals surface area contributed by atoms with E-state index in [1.165, 1.54) is 24.2 Å². The van der Waals surface area contributed by atoms with Gasteiger partial charge in [0.15, 0.2) is 0 Å². The van der Waals surface area contributed by atoms with Crippen LogP contribution in [0.2, 0.25) is 0 Å². The van der Waals surface area contributed by atoms with Gasteiger partial charge in [-0.1, -0.05) is 36.4 Å². The first-order chi connectivity index (χ1) is 8.85. The highest BCUT2D eigenvalue weighted by Gasteiger charge is 2.23. The third kappa shape index (κ3) is 3.87. The lowest BCUT2D eigenvalue weighted by atomic mass is 10.2. The van der Waals surface area contributed by atoms with Gasteiger partial charge in [-0.05, 0) is 29.6 Å². The van der Waals surface area contributed by atoms with Gasteiger partial charge in [0.25, 0.3) is 0 Å². The second-order valence-electron chi connectivity index (χ2n) is 4.71. The second-order valence-corrected chi connectivity index (χ2v) is 8.14. The molecule has 0 saturated heterocycles. The highest BCUT2D eigenvalue weighted by molar-refractivity contribution is 8.35. The summed E-state index contributed by atoms with van der Waals surface area (Å²) in [6.07, 6.45) is 4.77. The van der Waals surface area contributed by atoms with E-state index in [9.17, 15) is 0 Å². The van der Waals surface area contributed by atoms with E-state index < -0.39 is 10.0 Å². The molecule has 3 heteroatoms. The zero-order valence-corrected chi connectivity index (χ0v) is 11.6. The molecule has 1 aliphatic rings. The average molecular weight is 266 g/mol. The number of aliphatic hydroxyl groups is 1. The quantitative estimate of drug-likeness (QED) is 0.801. The van der Waals surface area contributed by atoms with Crippen LogP contribution in [0.1, 0.15) is 18.4 Å². The van der Waals surface area contributed by atoms with Crippen LogP contribution in [0, 0.1) is 0 Å². The van der Waals surface area contributed by atoms with Gasteiger partial charge in [-0.25, -0.2) is 0 Å². The summed E-state index contributed by atoms with van der Waals surface area (Å²) in [6.45, 7) is 0.571. The Kier molecular flexibility index (Phi) is 5.29. The maximum absolute atomic E-state index is 8.84. The van der Waals surface area contributed by atoms with Gasteiger partial charge < -0.3 is 9.84 Å². The number of ether oxygens (including phenoxy) is 1. The molecule has 1 aromatic rings. The van der Waals surface area contributed by atoms with Gasteiger partial charge in [0.05, 0.1) is 19.2 Å². The number of rotatable bonds is 6. The predicted octanol–water partition coefficient (Wildman–Crippen LogP) is 3.27. The molecule has 1 atom stereocenters. The maximum atomic E-state index is 8.84. The van der Waals surface area contributed by atoms with Gasteiger partial charge in [-0.3, -0.25) is 0 Å². The Bertz CT molecular complexity index is 377. The Hall–Kier alpha value is -0.770. The van der Waals surface area contributed by atoms with Crippen molar-refractivity contribution in [1.82, 2.24) is 0 Å². The van der Waals surface area contributed by atoms with Gasteiger partial charge in [0, 0.05) is 5.75 Å². The van der Waals surface area contributed by atoms with Crippen molar-refractivity contribution in [2.24, 2.45) is 0 Å². The maximum Gasteiger partial charge on any atom is 0.0806 e. The van der Waals surface area contributed by atoms with E-state index in [2.05, 4.69) is 41.8 Å². The molecule has 18 heavy (non-hydrogen) atoms. The molecule has 2 nitrogen and oxygen atoms in total. The molecule has 1 aliphatic heterocycles. The predicted molar refractivity (Wildman–Crippen MR) is 78.9 cm³/mol. The first-order valence-corrected chi connectivity index (χ1v) is 8.70. The number of aliphatic hydroxyl groups excluding tert-OH is 1. The van der Waals surface area contributed by atoms with Gasteiger partial charge in [-0.15, -0.1) is 0 Å². The lowest BCUT2D eigenvalue weighted by molar-refractivity contribution is 0.124. The number of allylic oxidation sites excluding steroid dienone is 1. The summed E-state index contributed by atoms with van der Waals surface area (Å²) in [6, 6.07) is 10.7. The van der Waals surface area contributed by atoms with Gasteiger partial charge in [0.1, 0.15) is 0 Å². The summed E-state index contributed by atoms with van der Waals surface area (Å²) in [5.41, 5.74) is 1.40. The molecule has 1 unspecified atom stereocenters. The first kappa shape index (κ1) is 13.7. The molecule has 0 fully saturated rings. The Morgan fingerprint density at radius 1 is 1.22 bits per heavy atom. The van der Waals surface area contributed by atoms with Crippen LogP contribution in [0.4, 0.5) is 0 Å². The van der Waals surface area contributed by atoms with Crippen LogP contribution < -0.4 is 0 Å². The van der Waals surface area contributed by atoms with Crippen LogP contribution in [0.3, 0.4) is 0 Å². The van der Waals surface area contributed by atoms with Crippen molar-refractivity contribution in [2.75, 3.05) is 24.9 Å². The molecular formula is C15H22O2S. The molecule has 100 valence electrons. The molecule has 0 saturated carbocycles. The Morgan fingerprint density at radius 2 is 2.06 bits per heavy atom. The summed E-state index contributed by atoms with van der Waals surface area (Å²) in [4.78, 5) is 0. The molecule has 1 heterocycles. The van der Waals surface area contributed by atoms with E-state index >= 15 is 0 Å². The van der Waals surface area contributed by atoms with E-state index in [1.54, 1.807) is 0 Å². The molecule has 1 N–H and O–H groups in total. The zero-order chi connectivity index (χ0) is 12.7. The standard InChI is InChI=1S/C15H22O2S/c16-9-10-17-14-18(11-5-2-6-12-18)13-15-7-3-1-4-8-15/h1,3-5,7-8,11,16H,2,6,9-10,12-14H2. The monoisotopic (exact) mass is 266 g/mol. The van der Waals surface area contributed by atoms with Crippen LogP contribution in [0.5, 0.6) is 0 Å². The lowest BCUT2D eigenvalue weighted by Gasteiger charge is -2.39. The van der Waals surface area contributed by atoms with Crippen LogP contribution in [-0.4, -0.2) is 30.0 Å². The molecule has 1 aromatic carbocycles. The topological polar surface area (TPSA) is 29.5 Å². The third-order valence-electron chi connectivity index (χ3n) is 3.16. The van der Waals surface area contributed by atoms with Crippen LogP contribution in [0.25, 0.3) is 0 Å². The van der Waals surface area contributed by atoms with E-state index in [-0.39, 0.29) is 6.61 Å². The summed E-state index contributed by atoms with van der Waals surface area (Å²) in [5.74, 6) is 3.15. The molecule has 0 spiro atoms. The SMILES string of the molecule is OCCOCS1(Cc2ccccc2)C=CCCC1. The fraction of sp³-hybridized carbons (Fsp3) is 0.467. The Labute approximate surface area is 111 Å². The van der Waals surface area contributed by atoms with E-state index in [1.807, 2.05) is 0 Å². The molecular weight excluding hydrogens is 244 g/mol. The smallest absolute Gasteiger partial charge is 0.0806 e. The minimum atomic E-state index is -0.837. The van der Waals surface area contributed by atoms with Crippen molar-refractivity contribution in [3.8, 4) is 0 Å². The van der Waals surface area contributed by atoms with Crippen molar-refractivity contribution in [2.45, 2.75) is 18.6 Å². The van der Waals surface area contributed by atoms with Crippen molar-refractivity contribution >= 4 is 10.0 Å². The van der Waals surface area contributed by atoms with Crippen LogP contribution >= 0.6 is 10.0 Å². The number of benzene rings is 1. The van der Waals surface area contributed by atoms with Crippen molar-refractivity contribution in [3.05, 3.63) is 47.4 Å². The largest absolute Gasteiger partial charge is 0.394 e. The second kappa shape index (κ2) is 6.98. The summed E-state index contributed by atoms with van der Waals surface area (Å²) in [5, 5.41) is 11.2. The Balaban J connectivity index is 2.04. The van der Waals surface area contributed by atoms with Gasteiger partial charge >= 0.3 is 0 Å². The minimum Gasteiger partial charge on any atom is -0.394 e. The first-order valence-electron chi connectivity index (χ1n) is 6.50. The van der Waals surface area contributed by atoms with Crippen LogP contribution in [-0.2, 0) is 10.5 Å². The van der Waals surface area contributed by atoms with Crippen molar-refractivity contribution in [1.29, 1.82) is 0 Å². The highest BCUT2D eigenvalue weighted by Crippen LogP contribution is 2.55. The molecule has 0 radical (unpaired) electrons. The average Bonchev–Trinajstić information content (AvgIpc) is 2.41. The summed E-state index contributed by atoms with van der Waals surface area (Å²) in [7, 11) is -0.837. The number of hydrogen-bond acceptors (Lipinski definition) is 2. The Morgan fingerprint density at radius 3 is 2.72 bits per heavy atom. The van der Waals surface area contributed by atoms with Crippen molar-refractivity contribution in [3.63, 3.8) is 0 Å². The molecule has 0 aliphatic carbocycles. The van der Waals surface area contributed by atoms with Crippen molar-refractivity contribution < 1.29 is 9.84 Å².